The standard InChI is InChI=1S/C16H18BrNO/c1-4-11(2)14-7-5-6-8-15(14)19-16-12(3)9-13(17)10-18-16/h5-11H,4H2,1-3H3. The molecule has 0 fully saturated rings. The number of para-hydroxylation sites is 1. The summed E-state index contributed by atoms with van der Waals surface area (Å²) in [6.07, 6.45) is 2.85. The Bertz CT molecular complexity index is 568. The molecule has 2 rings (SSSR count). The Morgan fingerprint density at radius 3 is 2.74 bits per heavy atom. The molecule has 2 nitrogen and oxygen atoms in total. The molecule has 1 atom stereocenters. The fourth-order valence-electron chi connectivity index (χ4n) is 1.94. The van der Waals surface area contributed by atoms with Crippen LogP contribution < -0.4 is 4.74 Å². The summed E-state index contributed by atoms with van der Waals surface area (Å²) in [7, 11) is 0. The molecular formula is C16H18BrNO. The Kier molecular flexibility index (Phi) is 4.59. The van der Waals surface area contributed by atoms with Crippen molar-refractivity contribution < 1.29 is 4.74 Å². The maximum absolute atomic E-state index is 5.99. The molecule has 0 radical (unpaired) electrons. The molecule has 0 aliphatic rings. The molecule has 0 aliphatic carbocycles. The minimum atomic E-state index is 0.479. The van der Waals surface area contributed by atoms with Gasteiger partial charge in [0.2, 0.25) is 5.88 Å². The van der Waals surface area contributed by atoms with Gasteiger partial charge in [0.05, 0.1) is 0 Å². The molecule has 2 aromatic rings. The summed E-state index contributed by atoms with van der Waals surface area (Å²) in [4.78, 5) is 4.33. The zero-order chi connectivity index (χ0) is 13.8. The minimum Gasteiger partial charge on any atom is -0.438 e. The van der Waals surface area contributed by atoms with Gasteiger partial charge in [0.1, 0.15) is 5.75 Å². The highest BCUT2D eigenvalue weighted by atomic mass is 79.9. The summed E-state index contributed by atoms with van der Waals surface area (Å²) in [5.41, 5.74) is 2.25. The van der Waals surface area contributed by atoms with Crippen LogP contribution in [0.5, 0.6) is 11.6 Å². The van der Waals surface area contributed by atoms with Crippen LogP contribution in [0.1, 0.15) is 37.3 Å². The third-order valence-corrected chi connectivity index (χ3v) is 3.70. The van der Waals surface area contributed by atoms with Gasteiger partial charge in [-0.15, -0.1) is 0 Å². The molecular weight excluding hydrogens is 302 g/mol. The average molecular weight is 320 g/mol. The van der Waals surface area contributed by atoms with Gasteiger partial charge in [-0.05, 0) is 52.9 Å². The molecule has 0 bridgehead atoms. The first kappa shape index (κ1) is 14.1. The van der Waals surface area contributed by atoms with Crippen molar-refractivity contribution in [2.75, 3.05) is 0 Å². The van der Waals surface area contributed by atoms with Crippen molar-refractivity contribution in [2.24, 2.45) is 0 Å². The lowest BCUT2D eigenvalue weighted by molar-refractivity contribution is 0.448. The van der Waals surface area contributed by atoms with Gasteiger partial charge in [-0.25, -0.2) is 4.98 Å². The highest BCUT2D eigenvalue weighted by Gasteiger charge is 2.11. The van der Waals surface area contributed by atoms with E-state index in [1.807, 2.05) is 25.1 Å². The third kappa shape index (κ3) is 3.35. The lowest BCUT2D eigenvalue weighted by atomic mass is 9.98. The number of hydrogen-bond acceptors (Lipinski definition) is 2. The molecule has 1 aromatic carbocycles. The van der Waals surface area contributed by atoms with Gasteiger partial charge in [-0.2, -0.15) is 0 Å². The fourth-order valence-corrected chi connectivity index (χ4v) is 2.39. The van der Waals surface area contributed by atoms with Gasteiger partial charge in [-0.3, -0.25) is 0 Å². The Labute approximate surface area is 123 Å². The van der Waals surface area contributed by atoms with Gasteiger partial charge in [-0.1, -0.05) is 32.0 Å². The van der Waals surface area contributed by atoms with E-state index in [4.69, 9.17) is 4.74 Å². The molecule has 1 aromatic heterocycles. The predicted molar refractivity (Wildman–Crippen MR) is 81.9 cm³/mol. The number of hydrogen-bond donors (Lipinski definition) is 0. The first-order valence-corrected chi connectivity index (χ1v) is 7.30. The predicted octanol–water partition coefficient (Wildman–Crippen LogP) is 5.46. The van der Waals surface area contributed by atoms with Crippen LogP contribution in [-0.2, 0) is 0 Å². The Hall–Kier alpha value is -1.35. The van der Waals surface area contributed by atoms with Crippen LogP contribution in [0.25, 0.3) is 0 Å². The summed E-state index contributed by atoms with van der Waals surface area (Å²) in [6, 6.07) is 10.2. The number of aryl methyl sites for hydroxylation is 1. The van der Waals surface area contributed by atoms with Crippen molar-refractivity contribution in [3.8, 4) is 11.6 Å². The fraction of sp³-hybridized carbons (Fsp3) is 0.312. The van der Waals surface area contributed by atoms with E-state index in [1.165, 1.54) is 5.56 Å². The maximum atomic E-state index is 5.99. The molecule has 19 heavy (non-hydrogen) atoms. The summed E-state index contributed by atoms with van der Waals surface area (Å²) in [5.74, 6) is 2.04. The molecule has 0 saturated heterocycles. The van der Waals surface area contributed by atoms with E-state index in [0.29, 0.717) is 11.8 Å². The number of ether oxygens (including phenoxy) is 1. The molecule has 1 unspecified atom stereocenters. The molecule has 100 valence electrons. The highest BCUT2D eigenvalue weighted by Crippen LogP contribution is 2.32. The lowest BCUT2D eigenvalue weighted by Gasteiger charge is -2.15. The summed E-state index contributed by atoms with van der Waals surface area (Å²) in [6.45, 7) is 6.40. The average Bonchev–Trinajstić information content (AvgIpc) is 2.41. The van der Waals surface area contributed by atoms with E-state index in [9.17, 15) is 0 Å². The van der Waals surface area contributed by atoms with Crippen LogP contribution >= 0.6 is 15.9 Å². The zero-order valence-corrected chi connectivity index (χ0v) is 13.1. The van der Waals surface area contributed by atoms with Crippen LogP contribution in [0.3, 0.4) is 0 Å². The normalized spacial score (nSPS) is 12.2. The van der Waals surface area contributed by atoms with Crippen LogP contribution in [0.2, 0.25) is 0 Å². The van der Waals surface area contributed by atoms with Gasteiger partial charge in [0.15, 0.2) is 0 Å². The topological polar surface area (TPSA) is 22.1 Å². The number of benzene rings is 1. The van der Waals surface area contributed by atoms with E-state index in [2.05, 4.69) is 46.9 Å². The minimum absolute atomic E-state index is 0.479. The van der Waals surface area contributed by atoms with E-state index >= 15 is 0 Å². The molecule has 0 aliphatic heterocycles. The van der Waals surface area contributed by atoms with E-state index in [-0.39, 0.29) is 0 Å². The Balaban J connectivity index is 2.33. The van der Waals surface area contributed by atoms with E-state index in [0.717, 1.165) is 22.2 Å². The van der Waals surface area contributed by atoms with Gasteiger partial charge in [0, 0.05) is 16.2 Å². The Morgan fingerprint density at radius 2 is 2.05 bits per heavy atom. The van der Waals surface area contributed by atoms with Gasteiger partial charge in [0.25, 0.3) is 0 Å². The number of nitrogens with zero attached hydrogens (tertiary/aromatic N) is 1. The Morgan fingerprint density at radius 1 is 1.32 bits per heavy atom. The molecule has 0 saturated carbocycles. The van der Waals surface area contributed by atoms with Crippen LogP contribution in [-0.4, -0.2) is 4.98 Å². The third-order valence-electron chi connectivity index (χ3n) is 3.27. The number of rotatable bonds is 4. The van der Waals surface area contributed by atoms with Crippen LogP contribution in [0.15, 0.2) is 41.0 Å². The molecule has 3 heteroatoms. The summed E-state index contributed by atoms with van der Waals surface area (Å²) >= 11 is 3.41. The largest absolute Gasteiger partial charge is 0.438 e. The number of aromatic nitrogens is 1. The smallest absolute Gasteiger partial charge is 0.222 e. The second-order valence-corrected chi connectivity index (χ2v) is 5.64. The van der Waals surface area contributed by atoms with Crippen molar-refractivity contribution in [3.05, 3.63) is 52.1 Å². The molecule has 1 heterocycles. The SMILES string of the molecule is CCC(C)c1ccccc1Oc1ncc(Br)cc1C. The van der Waals surface area contributed by atoms with E-state index < -0.39 is 0 Å². The molecule has 0 N–H and O–H groups in total. The molecule has 0 spiro atoms. The zero-order valence-electron chi connectivity index (χ0n) is 11.5. The number of halogens is 1. The van der Waals surface area contributed by atoms with Crippen LogP contribution in [0, 0.1) is 6.92 Å². The van der Waals surface area contributed by atoms with Crippen molar-refractivity contribution in [2.45, 2.75) is 33.1 Å². The summed E-state index contributed by atoms with van der Waals surface area (Å²) in [5, 5.41) is 0. The van der Waals surface area contributed by atoms with Crippen molar-refractivity contribution >= 4 is 15.9 Å². The molecule has 0 amide bonds. The second-order valence-electron chi connectivity index (χ2n) is 4.72. The lowest BCUT2D eigenvalue weighted by Crippen LogP contribution is -1.98. The first-order valence-electron chi connectivity index (χ1n) is 6.50. The van der Waals surface area contributed by atoms with Crippen molar-refractivity contribution in [3.63, 3.8) is 0 Å². The van der Waals surface area contributed by atoms with Gasteiger partial charge >= 0.3 is 0 Å². The summed E-state index contributed by atoms with van der Waals surface area (Å²) < 4.78 is 6.95. The second kappa shape index (κ2) is 6.20. The maximum Gasteiger partial charge on any atom is 0.222 e. The first-order chi connectivity index (χ1) is 9.11. The van der Waals surface area contributed by atoms with Crippen molar-refractivity contribution in [1.82, 2.24) is 4.98 Å². The monoisotopic (exact) mass is 319 g/mol. The van der Waals surface area contributed by atoms with Crippen molar-refractivity contribution in [1.29, 1.82) is 0 Å². The number of pyridine rings is 1. The van der Waals surface area contributed by atoms with Gasteiger partial charge < -0.3 is 4.74 Å². The van der Waals surface area contributed by atoms with E-state index in [1.54, 1.807) is 6.20 Å². The van der Waals surface area contributed by atoms with Crippen LogP contribution in [0.4, 0.5) is 0 Å². The quantitative estimate of drug-likeness (QED) is 0.746. The highest BCUT2D eigenvalue weighted by molar-refractivity contribution is 9.10.